The molecule has 0 bridgehead atoms. The number of fused-ring (bicyclic) bond motifs is 1. The summed E-state index contributed by atoms with van der Waals surface area (Å²) in [4.78, 5) is 15.3. The first kappa shape index (κ1) is 13.4. The summed E-state index contributed by atoms with van der Waals surface area (Å²) >= 11 is 6.18. The predicted octanol–water partition coefficient (Wildman–Crippen LogP) is 2.45. The minimum atomic E-state index is -0.279. The molecule has 0 amide bonds. The number of esters is 1. The van der Waals surface area contributed by atoms with Gasteiger partial charge in [-0.25, -0.2) is 4.98 Å². The molecule has 0 fully saturated rings. The normalized spacial score (nSPS) is 10.4. The molecular weight excluding hydrogens is 266 g/mol. The van der Waals surface area contributed by atoms with Gasteiger partial charge in [0, 0.05) is 29.2 Å². The number of anilines is 2. The third kappa shape index (κ3) is 2.88. The van der Waals surface area contributed by atoms with E-state index in [2.05, 4.69) is 15.0 Å². The number of methoxy groups -OCH3 is 1. The third-order valence-corrected chi connectivity index (χ3v) is 3.07. The number of nitrogens with one attached hydrogen (secondary N) is 1. The summed E-state index contributed by atoms with van der Waals surface area (Å²) in [6, 6.07) is 5.29. The molecule has 1 heterocycles. The molecule has 1 aromatic heterocycles. The fraction of sp³-hybridized carbons (Fsp3) is 0.231. The molecule has 0 aliphatic rings. The molecule has 0 saturated heterocycles. The summed E-state index contributed by atoms with van der Waals surface area (Å²) in [7, 11) is 1.36. The number of halogens is 1. The highest BCUT2D eigenvalue weighted by Crippen LogP contribution is 2.32. The number of hydrogen-bond acceptors (Lipinski definition) is 5. The Morgan fingerprint density at radius 2 is 2.26 bits per heavy atom. The van der Waals surface area contributed by atoms with Crippen molar-refractivity contribution in [2.75, 3.05) is 24.7 Å². The summed E-state index contributed by atoms with van der Waals surface area (Å²) in [6.07, 6.45) is 1.91. The van der Waals surface area contributed by atoms with Gasteiger partial charge in [0.05, 0.1) is 18.6 Å². The molecule has 0 spiro atoms. The molecular formula is C13H14ClN3O2. The highest BCUT2D eigenvalue weighted by Gasteiger charge is 2.09. The van der Waals surface area contributed by atoms with Crippen LogP contribution < -0.4 is 11.1 Å². The predicted molar refractivity (Wildman–Crippen MR) is 76.3 cm³/mol. The lowest BCUT2D eigenvalue weighted by atomic mass is 10.1. The van der Waals surface area contributed by atoms with Crippen molar-refractivity contribution in [1.82, 2.24) is 4.98 Å². The zero-order valence-electron chi connectivity index (χ0n) is 10.4. The number of rotatable bonds is 4. The van der Waals surface area contributed by atoms with E-state index in [1.807, 2.05) is 6.07 Å². The standard InChI is InChI=1S/C13H14ClN3O2/c1-19-11(18)5-7-17-13-12-8(4-6-16-13)10(15)3-2-9(12)14/h2-4,6H,5,7,15H2,1H3,(H,16,17). The van der Waals surface area contributed by atoms with Crippen molar-refractivity contribution in [3.8, 4) is 0 Å². The number of carbonyl (C=O) groups is 1. The highest BCUT2D eigenvalue weighted by atomic mass is 35.5. The number of pyridine rings is 1. The molecule has 3 N–H and O–H groups in total. The monoisotopic (exact) mass is 279 g/mol. The lowest BCUT2D eigenvalue weighted by Crippen LogP contribution is -2.10. The van der Waals surface area contributed by atoms with Crippen molar-refractivity contribution < 1.29 is 9.53 Å². The van der Waals surface area contributed by atoms with Crippen molar-refractivity contribution in [3.63, 3.8) is 0 Å². The van der Waals surface area contributed by atoms with Crippen LogP contribution in [-0.4, -0.2) is 24.6 Å². The maximum Gasteiger partial charge on any atom is 0.307 e. The molecule has 5 nitrogen and oxygen atoms in total. The van der Waals surface area contributed by atoms with Gasteiger partial charge in [-0.3, -0.25) is 4.79 Å². The molecule has 0 saturated carbocycles. The largest absolute Gasteiger partial charge is 0.469 e. The van der Waals surface area contributed by atoms with Gasteiger partial charge in [0.15, 0.2) is 0 Å². The van der Waals surface area contributed by atoms with Crippen LogP contribution in [0.3, 0.4) is 0 Å². The second-order valence-electron chi connectivity index (χ2n) is 3.97. The molecule has 0 radical (unpaired) electrons. The van der Waals surface area contributed by atoms with Crippen LogP contribution in [0.25, 0.3) is 10.8 Å². The lowest BCUT2D eigenvalue weighted by Gasteiger charge is -2.10. The number of nitrogen functional groups attached to an aromatic ring is 1. The van der Waals surface area contributed by atoms with Crippen LogP contribution in [0, 0.1) is 0 Å². The maximum atomic E-state index is 11.1. The molecule has 1 aromatic carbocycles. The van der Waals surface area contributed by atoms with Crippen LogP contribution in [0.4, 0.5) is 11.5 Å². The van der Waals surface area contributed by atoms with Gasteiger partial charge >= 0.3 is 5.97 Å². The number of nitrogens with two attached hydrogens (primary N) is 1. The molecule has 0 aliphatic heterocycles. The van der Waals surface area contributed by atoms with Crippen molar-refractivity contribution in [2.24, 2.45) is 0 Å². The van der Waals surface area contributed by atoms with Crippen LogP contribution in [0.2, 0.25) is 5.02 Å². The summed E-state index contributed by atoms with van der Waals surface area (Å²) in [5, 5.41) is 5.23. The first-order chi connectivity index (χ1) is 9.13. The Bertz CT molecular complexity index is 616. The van der Waals surface area contributed by atoms with E-state index in [1.165, 1.54) is 7.11 Å². The Morgan fingerprint density at radius 1 is 1.47 bits per heavy atom. The molecule has 2 aromatic rings. The van der Waals surface area contributed by atoms with E-state index >= 15 is 0 Å². The molecule has 19 heavy (non-hydrogen) atoms. The van der Waals surface area contributed by atoms with Gasteiger partial charge in [-0.05, 0) is 18.2 Å². The van der Waals surface area contributed by atoms with E-state index in [9.17, 15) is 4.79 Å². The summed E-state index contributed by atoms with van der Waals surface area (Å²) in [5.74, 6) is 0.331. The number of nitrogens with zero attached hydrogens (tertiary/aromatic N) is 1. The Morgan fingerprint density at radius 3 is 3.00 bits per heavy atom. The van der Waals surface area contributed by atoms with Crippen LogP contribution in [-0.2, 0) is 9.53 Å². The number of ether oxygens (including phenoxy) is 1. The fourth-order valence-corrected chi connectivity index (χ4v) is 2.05. The van der Waals surface area contributed by atoms with Crippen LogP contribution in [0.5, 0.6) is 0 Å². The first-order valence-electron chi connectivity index (χ1n) is 5.77. The summed E-state index contributed by atoms with van der Waals surface area (Å²) < 4.78 is 4.57. The maximum absolute atomic E-state index is 11.1. The summed E-state index contributed by atoms with van der Waals surface area (Å²) in [5.41, 5.74) is 6.54. The third-order valence-electron chi connectivity index (χ3n) is 2.76. The number of aromatic nitrogens is 1. The topological polar surface area (TPSA) is 77.2 Å². The summed E-state index contributed by atoms with van der Waals surface area (Å²) in [6.45, 7) is 0.421. The number of hydrogen-bond donors (Lipinski definition) is 2. The number of carbonyl (C=O) groups excluding carboxylic acids is 1. The van der Waals surface area contributed by atoms with Crippen LogP contribution in [0.1, 0.15) is 6.42 Å². The second kappa shape index (κ2) is 5.75. The molecule has 0 unspecified atom stereocenters. The van der Waals surface area contributed by atoms with E-state index in [4.69, 9.17) is 17.3 Å². The van der Waals surface area contributed by atoms with Gasteiger partial charge in [-0.1, -0.05) is 11.6 Å². The zero-order valence-corrected chi connectivity index (χ0v) is 11.2. The van der Waals surface area contributed by atoms with Crippen molar-refractivity contribution >= 4 is 39.8 Å². The quantitative estimate of drug-likeness (QED) is 0.664. The zero-order chi connectivity index (χ0) is 13.8. The molecule has 0 aliphatic carbocycles. The van der Waals surface area contributed by atoms with E-state index < -0.39 is 0 Å². The Kier molecular flexibility index (Phi) is 4.06. The van der Waals surface area contributed by atoms with Crippen molar-refractivity contribution in [1.29, 1.82) is 0 Å². The average molecular weight is 280 g/mol. The second-order valence-corrected chi connectivity index (χ2v) is 4.38. The Hall–Kier alpha value is -2.01. The van der Waals surface area contributed by atoms with E-state index in [1.54, 1.807) is 18.3 Å². The first-order valence-corrected chi connectivity index (χ1v) is 6.14. The van der Waals surface area contributed by atoms with Gasteiger partial charge in [-0.15, -0.1) is 0 Å². The molecule has 2 rings (SSSR count). The van der Waals surface area contributed by atoms with Gasteiger partial charge < -0.3 is 15.8 Å². The van der Waals surface area contributed by atoms with E-state index in [0.717, 1.165) is 10.8 Å². The fourth-order valence-electron chi connectivity index (χ4n) is 1.80. The SMILES string of the molecule is COC(=O)CCNc1nccc2c(N)ccc(Cl)c12. The minimum Gasteiger partial charge on any atom is -0.469 e. The molecule has 100 valence electrons. The van der Waals surface area contributed by atoms with Crippen LogP contribution >= 0.6 is 11.6 Å². The average Bonchev–Trinajstić information content (AvgIpc) is 2.43. The molecule has 0 atom stereocenters. The van der Waals surface area contributed by atoms with E-state index in [-0.39, 0.29) is 12.4 Å². The van der Waals surface area contributed by atoms with Crippen LogP contribution in [0.15, 0.2) is 24.4 Å². The Labute approximate surface area is 115 Å². The van der Waals surface area contributed by atoms with Gasteiger partial charge in [-0.2, -0.15) is 0 Å². The van der Waals surface area contributed by atoms with Gasteiger partial charge in [0.25, 0.3) is 0 Å². The highest BCUT2D eigenvalue weighted by molar-refractivity contribution is 6.37. The van der Waals surface area contributed by atoms with Gasteiger partial charge in [0.1, 0.15) is 5.82 Å². The van der Waals surface area contributed by atoms with E-state index in [0.29, 0.717) is 23.1 Å². The Balaban J connectivity index is 2.28. The lowest BCUT2D eigenvalue weighted by molar-refractivity contribution is -0.140. The minimum absolute atomic E-state index is 0.258. The van der Waals surface area contributed by atoms with Gasteiger partial charge in [0.2, 0.25) is 0 Å². The van der Waals surface area contributed by atoms with Crippen molar-refractivity contribution in [2.45, 2.75) is 6.42 Å². The van der Waals surface area contributed by atoms with Crippen molar-refractivity contribution in [3.05, 3.63) is 29.4 Å². The molecule has 6 heteroatoms. The number of benzene rings is 1. The smallest absolute Gasteiger partial charge is 0.307 e.